The van der Waals surface area contributed by atoms with E-state index in [0.717, 1.165) is 32.1 Å². The standard InChI is InChI=1S/C12H19NO4/c14-10-11(13(15)16)6-4-5-9-17-12-7-2-1-3-8-12/h1,11-12H,2-9H2. The molecule has 1 rings (SSSR count). The Labute approximate surface area is 102 Å². The first-order valence-corrected chi connectivity index (χ1v) is 6.18. The molecule has 96 valence electrons. The van der Waals surface area contributed by atoms with Crippen LogP contribution in [0.5, 0.6) is 0 Å². The van der Waals surface area contributed by atoms with E-state index in [2.05, 4.69) is 6.42 Å². The summed E-state index contributed by atoms with van der Waals surface area (Å²) in [5.41, 5.74) is 0. The Morgan fingerprint density at radius 3 is 2.71 bits per heavy atom. The van der Waals surface area contributed by atoms with Gasteiger partial charge < -0.3 is 4.74 Å². The Bertz CT molecular complexity index is 239. The molecule has 1 atom stereocenters. The number of carbonyl (C=O) groups excluding carboxylic acids is 1. The molecule has 0 saturated heterocycles. The van der Waals surface area contributed by atoms with E-state index in [1.165, 1.54) is 6.29 Å². The van der Waals surface area contributed by atoms with Gasteiger partial charge in [-0.1, -0.05) is 0 Å². The third-order valence-electron chi connectivity index (χ3n) is 3.00. The Balaban J connectivity index is 1.99. The molecule has 0 aromatic rings. The summed E-state index contributed by atoms with van der Waals surface area (Å²) in [6.45, 7) is 0.633. The van der Waals surface area contributed by atoms with E-state index in [9.17, 15) is 14.9 Å². The first-order valence-electron chi connectivity index (χ1n) is 6.18. The van der Waals surface area contributed by atoms with Crippen LogP contribution in [0.1, 0.15) is 44.9 Å². The van der Waals surface area contributed by atoms with E-state index >= 15 is 0 Å². The second-order valence-electron chi connectivity index (χ2n) is 4.35. The molecular formula is C12H19NO4. The van der Waals surface area contributed by atoms with E-state index in [1.54, 1.807) is 0 Å². The number of hydrogen-bond acceptors (Lipinski definition) is 4. The van der Waals surface area contributed by atoms with Gasteiger partial charge in [0.05, 0.1) is 6.10 Å². The lowest BCUT2D eigenvalue weighted by Gasteiger charge is -2.21. The zero-order chi connectivity index (χ0) is 12.5. The summed E-state index contributed by atoms with van der Waals surface area (Å²) in [5.74, 6) is 0. The molecule has 0 aromatic heterocycles. The summed E-state index contributed by atoms with van der Waals surface area (Å²) in [6, 6.07) is -1.17. The van der Waals surface area contributed by atoms with Gasteiger partial charge in [0, 0.05) is 18.0 Å². The third-order valence-corrected chi connectivity index (χ3v) is 3.00. The Kier molecular flexibility index (Phi) is 6.77. The number of rotatable bonds is 8. The fraction of sp³-hybridized carbons (Fsp3) is 0.833. The number of ether oxygens (including phenoxy) is 1. The first kappa shape index (κ1) is 14.1. The van der Waals surface area contributed by atoms with Crippen molar-refractivity contribution in [2.75, 3.05) is 6.61 Å². The van der Waals surface area contributed by atoms with Gasteiger partial charge in [-0.15, -0.1) is 0 Å². The van der Waals surface area contributed by atoms with Crippen molar-refractivity contribution in [2.45, 2.75) is 57.1 Å². The van der Waals surface area contributed by atoms with Gasteiger partial charge in [-0.3, -0.25) is 14.9 Å². The highest BCUT2D eigenvalue weighted by Gasteiger charge is 2.19. The maximum absolute atomic E-state index is 10.3. The average Bonchev–Trinajstić information content (AvgIpc) is 2.34. The molecule has 0 N–H and O–H groups in total. The summed E-state index contributed by atoms with van der Waals surface area (Å²) in [4.78, 5) is 20.0. The molecule has 5 nitrogen and oxygen atoms in total. The molecule has 0 aliphatic heterocycles. The summed E-state index contributed by atoms with van der Waals surface area (Å²) in [5, 5.41) is 10.3. The van der Waals surface area contributed by atoms with Crippen LogP contribution in [0.4, 0.5) is 0 Å². The largest absolute Gasteiger partial charge is 0.378 e. The van der Waals surface area contributed by atoms with Gasteiger partial charge in [0.1, 0.15) is 0 Å². The minimum absolute atomic E-state index is 0.262. The number of nitro groups is 1. The summed E-state index contributed by atoms with van der Waals surface area (Å²) in [6.07, 6.45) is 10.2. The van der Waals surface area contributed by atoms with E-state index in [0.29, 0.717) is 19.1 Å². The maximum atomic E-state index is 10.3. The van der Waals surface area contributed by atoms with Crippen molar-refractivity contribution < 1.29 is 14.5 Å². The van der Waals surface area contributed by atoms with Gasteiger partial charge in [-0.25, -0.2) is 0 Å². The number of nitrogens with zero attached hydrogens (tertiary/aromatic N) is 1. The van der Waals surface area contributed by atoms with Crippen LogP contribution in [0.25, 0.3) is 0 Å². The minimum Gasteiger partial charge on any atom is -0.378 e. The molecule has 1 saturated carbocycles. The predicted molar refractivity (Wildman–Crippen MR) is 62.8 cm³/mol. The van der Waals surface area contributed by atoms with Crippen molar-refractivity contribution in [2.24, 2.45) is 0 Å². The highest BCUT2D eigenvalue weighted by Crippen LogP contribution is 2.19. The van der Waals surface area contributed by atoms with Crippen molar-refractivity contribution in [3.05, 3.63) is 16.5 Å². The Hall–Kier alpha value is -0.970. The van der Waals surface area contributed by atoms with Crippen LogP contribution in [0, 0.1) is 16.5 Å². The molecule has 0 aromatic carbocycles. The van der Waals surface area contributed by atoms with Crippen molar-refractivity contribution in [1.82, 2.24) is 0 Å². The van der Waals surface area contributed by atoms with E-state index in [-0.39, 0.29) is 6.42 Å². The molecule has 0 amide bonds. The van der Waals surface area contributed by atoms with Crippen LogP contribution in [0.2, 0.25) is 0 Å². The highest BCUT2D eigenvalue weighted by molar-refractivity contribution is 5.56. The molecule has 1 aliphatic rings. The lowest BCUT2D eigenvalue weighted by molar-refractivity contribution is -0.503. The zero-order valence-electron chi connectivity index (χ0n) is 9.97. The molecule has 5 heteroatoms. The Morgan fingerprint density at radius 1 is 1.41 bits per heavy atom. The zero-order valence-corrected chi connectivity index (χ0v) is 9.97. The monoisotopic (exact) mass is 241 g/mol. The number of unbranched alkanes of at least 4 members (excludes halogenated alkanes) is 1. The maximum Gasteiger partial charge on any atom is 0.278 e. The van der Waals surface area contributed by atoms with Gasteiger partial charge in [0.2, 0.25) is 0 Å². The third kappa shape index (κ3) is 5.77. The van der Waals surface area contributed by atoms with Gasteiger partial charge in [0.15, 0.2) is 0 Å². The normalized spacial score (nSPS) is 18.8. The summed E-state index contributed by atoms with van der Waals surface area (Å²) >= 11 is 0. The van der Waals surface area contributed by atoms with Gasteiger partial charge in [-0.2, -0.15) is 0 Å². The summed E-state index contributed by atoms with van der Waals surface area (Å²) in [7, 11) is 0. The molecular weight excluding hydrogens is 222 g/mol. The van der Waals surface area contributed by atoms with E-state index < -0.39 is 11.0 Å². The second kappa shape index (κ2) is 8.17. The molecule has 1 unspecified atom stereocenters. The van der Waals surface area contributed by atoms with Crippen molar-refractivity contribution in [3.63, 3.8) is 0 Å². The molecule has 0 spiro atoms. The number of hydrogen-bond donors (Lipinski definition) is 0. The van der Waals surface area contributed by atoms with Crippen molar-refractivity contribution in [1.29, 1.82) is 0 Å². The molecule has 17 heavy (non-hydrogen) atoms. The predicted octanol–water partition coefficient (Wildman–Crippen LogP) is 2.08. The quantitative estimate of drug-likeness (QED) is 0.370. The van der Waals surface area contributed by atoms with Crippen LogP contribution < -0.4 is 0 Å². The van der Waals surface area contributed by atoms with E-state index in [1.807, 2.05) is 0 Å². The molecule has 2 radical (unpaired) electrons. The topological polar surface area (TPSA) is 69.4 Å². The average molecular weight is 241 g/mol. The minimum atomic E-state index is -1.17. The fourth-order valence-corrected chi connectivity index (χ4v) is 1.96. The molecule has 1 aliphatic carbocycles. The Morgan fingerprint density at radius 2 is 2.12 bits per heavy atom. The first-order chi connectivity index (χ1) is 8.24. The van der Waals surface area contributed by atoms with Crippen LogP contribution >= 0.6 is 0 Å². The fourth-order valence-electron chi connectivity index (χ4n) is 1.96. The molecule has 0 heterocycles. The van der Waals surface area contributed by atoms with Crippen LogP contribution in [-0.4, -0.2) is 30.0 Å². The van der Waals surface area contributed by atoms with Gasteiger partial charge in [-0.05, 0) is 44.9 Å². The van der Waals surface area contributed by atoms with E-state index in [4.69, 9.17) is 4.74 Å². The van der Waals surface area contributed by atoms with Crippen LogP contribution in [0.15, 0.2) is 0 Å². The van der Waals surface area contributed by atoms with Crippen molar-refractivity contribution >= 4 is 6.29 Å². The van der Waals surface area contributed by atoms with Crippen molar-refractivity contribution in [3.8, 4) is 0 Å². The smallest absolute Gasteiger partial charge is 0.278 e. The molecule has 1 fully saturated rings. The summed E-state index contributed by atoms with van der Waals surface area (Å²) < 4.78 is 5.67. The van der Waals surface area contributed by atoms with Gasteiger partial charge >= 0.3 is 0 Å². The van der Waals surface area contributed by atoms with Gasteiger partial charge in [0.25, 0.3) is 12.3 Å². The lowest BCUT2D eigenvalue weighted by Crippen LogP contribution is -2.21. The SMILES string of the molecule is O=[C]C(CCCCOC1CC[CH]CC1)[N+](=O)[O-]. The lowest BCUT2D eigenvalue weighted by atomic mass is 9.98. The highest BCUT2D eigenvalue weighted by atomic mass is 16.6. The molecule has 0 bridgehead atoms. The van der Waals surface area contributed by atoms with Crippen LogP contribution in [0.3, 0.4) is 0 Å². The van der Waals surface area contributed by atoms with Crippen LogP contribution in [-0.2, 0) is 9.53 Å². The second-order valence-corrected chi connectivity index (χ2v) is 4.35.